The molecule has 6 heteroatoms. The number of hydrogen-bond donors (Lipinski definition) is 2. The van der Waals surface area contributed by atoms with Crippen LogP contribution < -0.4 is 4.72 Å². The van der Waals surface area contributed by atoms with Crippen LogP contribution in [0.2, 0.25) is 0 Å². The van der Waals surface area contributed by atoms with E-state index in [-0.39, 0.29) is 18.6 Å². The van der Waals surface area contributed by atoms with Crippen molar-refractivity contribution in [3.63, 3.8) is 0 Å². The van der Waals surface area contributed by atoms with Gasteiger partial charge in [0.05, 0.1) is 0 Å². The fourth-order valence-corrected chi connectivity index (χ4v) is 3.79. The second kappa shape index (κ2) is 5.00. The van der Waals surface area contributed by atoms with Gasteiger partial charge in [-0.15, -0.1) is 0 Å². The molecule has 2 N–H and O–H groups in total. The summed E-state index contributed by atoms with van der Waals surface area (Å²) in [6.45, 7) is 1.12. The second-order valence-electron chi connectivity index (χ2n) is 4.80. The summed E-state index contributed by atoms with van der Waals surface area (Å²) < 4.78 is 28.2. The van der Waals surface area contributed by atoms with Crippen molar-refractivity contribution in [1.82, 2.24) is 9.03 Å². The van der Waals surface area contributed by atoms with Crippen molar-refractivity contribution in [2.45, 2.75) is 38.1 Å². The summed E-state index contributed by atoms with van der Waals surface area (Å²) in [6.07, 6.45) is 4.79. The lowest BCUT2D eigenvalue weighted by molar-refractivity contribution is 0.164. The number of rotatable bonds is 4. The summed E-state index contributed by atoms with van der Waals surface area (Å²) in [5, 5.41) is 9.07. The van der Waals surface area contributed by atoms with Crippen LogP contribution in [0.15, 0.2) is 0 Å². The third kappa shape index (κ3) is 2.74. The quantitative estimate of drug-likeness (QED) is 0.740. The molecule has 0 spiro atoms. The van der Waals surface area contributed by atoms with Crippen molar-refractivity contribution in [3.8, 4) is 0 Å². The molecule has 5 nitrogen and oxygen atoms in total. The highest BCUT2D eigenvalue weighted by Gasteiger charge is 2.31. The summed E-state index contributed by atoms with van der Waals surface area (Å²) in [5.74, 6) is 0.103. The Kier molecular flexibility index (Phi) is 3.84. The van der Waals surface area contributed by atoms with Gasteiger partial charge in [0, 0.05) is 25.7 Å². The van der Waals surface area contributed by atoms with E-state index in [0.717, 1.165) is 32.1 Å². The van der Waals surface area contributed by atoms with Crippen LogP contribution in [0.25, 0.3) is 0 Å². The fraction of sp³-hybridized carbons (Fsp3) is 1.00. The summed E-state index contributed by atoms with van der Waals surface area (Å²) in [5.41, 5.74) is 0. The van der Waals surface area contributed by atoms with Crippen LogP contribution in [0.3, 0.4) is 0 Å². The Morgan fingerprint density at radius 3 is 2.56 bits per heavy atom. The lowest BCUT2D eigenvalue weighted by Gasteiger charge is -2.34. The van der Waals surface area contributed by atoms with Crippen LogP contribution in [0.1, 0.15) is 32.1 Å². The molecule has 0 bridgehead atoms. The first kappa shape index (κ1) is 12.3. The molecule has 16 heavy (non-hydrogen) atoms. The van der Waals surface area contributed by atoms with Crippen LogP contribution in [0, 0.1) is 5.92 Å². The maximum Gasteiger partial charge on any atom is 0.279 e. The third-order valence-electron chi connectivity index (χ3n) is 3.50. The van der Waals surface area contributed by atoms with Gasteiger partial charge in [0.25, 0.3) is 10.2 Å². The van der Waals surface area contributed by atoms with Gasteiger partial charge in [0.2, 0.25) is 0 Å². The number of nitrogens with zero attached hydrogens (tertiary/aromatic N) is 1. The average molecular weight is 248 g/mol. The number of piperidine rings is 1. The first-order chi connectivity index (χ1) is 7.62. The van der Waals surface area contributed by atoms with Gasteiger partial charge < -0.3 is 5.11 Å². The molecule has 2 rings (SSSR count). The van der Waals surface area contributed by atoms with Gasteiger partial charge >= 0.3 is 0 Å². The smallest absolute Gasteiger partial charge is 0.279 e. The molecule has 0 radical (unpaired) electrons. The van der Waals surface area contributed by atoms with E-state index in [4.69, 9.17) is 5.11 Å². The number of aliphatic hydroxyl groups excluding tert-OH is 1. The lowest BCUT2D eigenvalue weighted by Crippen LogP contribution is -2.51. The third-order valence-corrected chi connectivity index (χ3v) is 5.14. The molecule has 1 atom stereocenters. The van der Waals surface area contributed by atoms with Gasteiger partial charge in [0.1, 0.15) is 0 Å². The highest BCUT2D eigenvalue weighted by molar-refractivity contribution is 7.87. The lowest BCUT2D eigenvalue weighted by atomic mass is 9.94. The van der Waals surface area contributed by atoms with Crippen molar-refractivity contribution >= 4 is 10.2 Å². The first-order valence-corrected chi connectivity index (χ1v) is 7.44. The van der Waals surface area contributed by atoms with Crippen molar-refractivity contribution in [2.24, 2.45) is 5.92 Å². The minimum absolute atomic E-state index is 0.0788. The molecular formula is C10H20N2O3S. The van der Waals surface area contributed by atoms with E-state index >= 15 is 0 Å². The molecule has 0 aromatic heterocycles. The molecule has 0 amide bonds. The van der Waals surface area contributed by atoms with Crippen LogP contribution in [0.5, 0.6) is 0 Å². The topological polar surface area (TPSA) is 69.6 Å². The van der Waals surface area contributed by atoms with Gasteiger partial charge in [-0.2, -0.15) is 17.4 Å². The van der Waals surface area contributed by atoms with Gasteiger partial charge in [-0.3, -0.25) is 0 Å². The van der Waals surface area contributed by atoms with Gasteiger partial charge in [0.15, 0.2) is 0 Å². The van der Waals surface area contributed by atoms with E-state index in [9.17, 15) is 8.42 Å². The summed E-state index contributed by atoms with van der Waals surface area (Å²) in [6, 6.07) is 0.138. The maximum absolute atomic E-state index is 12.0. The van der Waals surface area contributed by atoms with E-state index in [1.54, 1.807) is 0 Å². The minimum atomic E-state index is -3.31. The molecule has 1 unspecified atom stereocenters. The first-order valence-electron chi connectivity index (χ1n) is 6.00. The molecule has 1 aliphatic heterocycles. The molecule has 0 aromatic rings. The Balaban J connectivity index is 1.93. The summed E-state index contributed by atoms with van der Waals surface area (Å²) in [7, 11) is -3.31. The molecular weight excluding hydrogens is 228 g/mol. The van der Waals surface area contributed by atoms with Crippen LogP contribution in [-0.4, -0.2) is 43.6 Å². The van der Waals surface area contributed by atoms with E-state index in [2.05, 4.69) is 4.72 Å². The number of nitrogens with one attached hydrogen (secondary N) is 1. The van der Waals surface area contributed by atoms with Gasteiger partial charge in [-0.25, -0.2) is 0 Å². The zero-order valence-corrected chi connectivity index (χ0v) is 10.2. The summed E-state index contributed by atoms with van der Waals surface area (Å²) in [4.78, 5) is 0. The molecule has 1 aliphatic carbocycles. The molecule has 1 heterocycles. The zero-order valence-electron chi connectivity index (χ0n) is 9.43. The number of hydrogen-bond acceptors (Lipinski definition) is 3. The van der Waals surface area contributed by atoms with Crippen molar-refractivity contribution in [1.29, 1.82) is 0 Å². The van der Waals surface area contributed by atoms with E-state index in [0.29, 0.717) is 13.1 Å². The normalized spacial score (nSPS) is 28.9. The Morgan fingerprint density at radius 1 is 1.25 bits per heavy atom. The Hall–Kier alpha value is -0.170. The molecule has 1 saturated heterocycles. The highest BCUT2D eigenvalue weighted by atomic mass is 32.2. The Bertz CT molecular complexity index is 327. The van der Waals surface area contributed by atoms with Crippen molar-refractivity contribution < 1.29 is 13.5 Å². The second-order valence-corrected chi connectivity index (χ2v) is 6.50. The standard InChI is InChI=1S/C10H20N2O3S/c13-8-9-3-2-6-12(7-9)16(14,15)11-10-4-1-5-10/h9-11,13H,1-8H2. The Morgan fingerprint density at radius 2 is 2.00 bits per heavy atom. The average Bonchev–Trinajstić information content (AvgIpc) is 2.24. The largest absolute Gasteiger partial charge is 0.396 e. The molecule has 2 fully saturated rings. The van der Waals surface area contributed by atoms with Crippen LogP contribution in [0.4, 0.5) is 0 Å². The van der Waals surface area contributed by atoms with Crippen LogP contribution in [-0.2, 0) is 10.2 Å². The fourth-order valence-electron chi connectivity index (χ4n) is 2.21. The van der Waals surface area contributed by atoms with Gasteiger partial charge in [-0.1, -0.05) is 6.42 Å². The minimum Gasteiger partial charge on any atom is -0.396 e. The monoisotopic (exact) mass is 248 g/mol. The van der Waals surface area contributed by atoms with E-state index < -0.39 is 10.2 Å². The van der Waals surface area contributed by atoms with E-state index in [1.807, 2.05) is 0 Å². The van der Waals surface area contributed by atoms with Crippen molar-refractivity contribution in [2.75, 3.05) is 19.7 Å². The maximum atomic E-state index is 12.0. The predicted octanol–water partition coefficient (Wildman–Crippen LogP) is 0.0776. The Labute approximate surface area is 97.0 Å². The van der Waals surface area contributed by atoms with Crippen molar-refractivity contribution in [3.05, 3.63) is 0 Å². The molecule has 94 valence electrons. The SMILES string of the molecule is O=S(=O)(NC1CCC1)N1CCCC(CO)C1. The summed E-state index contributed by atoms with van der Waals surface area (Å²) >= 11 is 0. The number of aliphatic hydroxyl groups is 1. The highest BCUT2D eigenvalue weighted by Crippen LogP contribution is 2.22. The predicted molar refractivity (Wildman–Crippen MR) is 61.1 cm³/mol. The van der Waals surface area contributed by atoms with Gasteiger partial charge in [-0.05, 0) is 31.6 Å². The molecule has 1 saturated carbocycles. The zero-order chi connectivity index (χ0) is 11.6. The molecule has 2 aliphatic rings. The van der Waals surface area contributed by atoms with E-state index in [1.165, 1.54) is 4.31 Å². The molecule has 0 aromatic carbocycles. The van der Waals surface area contributed by atoms with Crippen LogP contribution >= 0.6 is 0 Å².